The molecular formula is C7H7N3O. The van der Waals surface area contributed by atoms with Gasteiger partial charge in [-0.3, -0.25) is 0 Å². The first-order chi connectivity index (χ1) is 5.27. The predicted molar refractivity (Wildman–Crippen MR) is 41.0 cm³/mol. The zero-order valence-electron chi connectivity index (χ0n) is 6.03. The molecular weight excluding hydrogens is 142 g/mol. The Bertz CT molecular complexity index is 393. The minimum absolute atomic E-state index is 0.392. The maximum Gasteiger partial charge on any atom is 0.194 e. The van der Waals surface area contributed by atoms with E-state index in [4.69, 9.17) is 10.2 Å². The summed E-state index contributed by atoms with van der Waals surface area (Å²) < 4.78 is 5.25. The van der Waals surface area contributed by atoms with Gasteiger partial charge in [-0.1, -0.05) is 0 Å². The lowest BCUT2D eigenvalue weighted by Gasteiger charge is -1.89. The van der Waals surface area contributed by atoms with Crippen molar-refractivity contribution in [1.82, 2.24) is 9.97 Å². The van der Waals surface area contributed by atoms with Gasteiger partial charge in [0.15, 0.2) is 11.4 Å². The van der Waals surface area contributed by atoms with Gasteiger partial charge < -0.3 is 10.2 Å². The van der Waals surface area contributed by atoms with Crippen LogP contribution < -0.4 is 5.73 Å². The van der Waals surface area contributed by atoms with Crippen LogP contribution >= 0.6 is 0 Å². The smallest absolute Gasteiger partial charge is 0.194 e. The Morgan fingerprint density at radius 3 is 3.00 bits per heavy atom. The Balaban J connectivity index is 2.90. The summed E-state index contributed by atoms with van der Waals surface area (Å²) in [6.45, 7) is 1.85. The first-order valence-corrected chi connectivity index (χ1v) is 3.24. The van der Waals surface area contributed by atoms with Gasteiger partial charge >= 0.3 is 0 Å². The van der Waals surface area contributed by atoms with E-state index < -0.39 is 0 Å². The van der Waals surface area contributed by atoms with E-state index in [0.29, 0.717) is 11.4 Å². The molecule has 0 saturated carbocycles. The standard InChI is InChI=1S/C7H7N3O/c1-4-2-5-6(11-4)7(8)10-3-9-5/h2-3H,1H3,(H2,8,9,10). The Labute approximate surface area is 63.1 Å². The molecule has 0 saturated heterocycles. The van der Waals surface area contributed by atoms with Crippen molar-refractivity contribution < 1.29 is 4.42 Å². The molecule has 0 amide bonds. The Morgan fingerprint density at radius 1 is 1.45 bits per heavy atom. The molecule has 56 valence electrons. The zero-order valence-corrected chi connectivity index (χ0v) is 6.03. The van der Waals surface area contributed by atoms with E-state index in [9.17, 15) is 0 Å². The van der Waals surface area contributed by atoms with Gasteiger partial charge in [-0.25, -0.2) is 9.97 Å². The van der Waals surface area contributed by atoms with Crippen LogP contribution in [0.15, 0.2) is 16.8 Å². The number of anilines is 1. The monoisotopic (exact) mass is 149 g/mol. The lowest BCUT2D eigenvalue weighted by Crippen LogP contribution is -1.89. The van der Waals surface area contributed by atoms with Gasteiger partial charge in [0.05, 0.1) is 0 Å². The first kappa shape index (κ1) is 6.15. The van der Waals surface area contributed by atoms with E-state index in [0.717, 1.165) is 11.3 Å². The third kappa shape index (κ3) is 0.832. The molecule has 2 aromatic heterocycles. The molecule has 2 rings (SSSR count). The zero-order chi connectivity index (χ0) is 7.84. The third-order valence-corrected chi connectivity index (χ3v) is 1.46. The highest BCUT2D eigenvalue weighted by atomic mass is 16.3. The van der Waals surface area contributed by atoms with E-state index in [-0.39, 0.29) is 0 Å². The summed E-state index contributed by atoms with van der Waals surface area (Å²) in [5, 5.41) is 0. The van der Waals surface area contributed by atoms with Crippen molar-refractivity contribution in [2.75, 3.05) is 5.73 Å². The molecule has 0 unspecified atom stereocenters. The molecule has 4 heteroatoms. The van der Waals surface area contributed by atoms with Crippen LogP contribution in [-0.2, 0) is 0 Å². The largest absolute Gasteiger partial charge is 0.456 e. The predicted octanol–water partition coefficient (Wildman–Crippen LogP) is 1.11. The van der Waals surface area contributed by atoms with Gasteiger partial charge in [-0.2, -0.15) is 0 Å². The topological polar surface area (TPSA) is 64.9 Å². The number of fused-ring (bicyclic) bond motifs is 1. The van der Waals surface area contributed by atoms with Crippen LogP contribution in [0.5, 0.6) is 0 Å². The molecule has 0 radical (unpaired) electrons. The molecule has 0 bridgehead atoms. The van der Waals surface area contributed by atoms with Crippen molar-refractivity contribution in [3.63, 3.8) is 0 Å². The summed E-state index contributed by atoms with van der Waals surface area (Å²) in [6, 6.07) is 1.83. The average molecular weight is 149 g/mol. The molecule has 0 aliphatic carbocycles. The number of hydrogen-bond acceptors (Lipinski definition) is 4. The number of furan rings is 1. The number of aryl methyl sites for hydroxylation is 1. The number of nitrogens with zero attached hydrogens (tertiary/aromatic N) is 2. The van der Waals surface area contributed by atoms with Crippen molar-refractivity contribution in [3.8, 4) is 0 Å². The maximum absolute atomic E-state index is 5.52. The van der Waals surface area contributed by atoms with Gasteiger partial charge in [-0.15, -0.1) is 0 Å². The normalized spacial score (nSPS) is 10.6. The third-order valence-electron chi connectivity index (χ3n) is 1.46. The van der Waals surface area contributed by atoms with Crippen LogP contribution in [0.3, 0.4) is 0 Å². The number of nitrogens with two attached hydrogens (primary N) is 1. The maximum atomic E-state index is 5.52. The molecule has 4 nitrogen and oxygen atoms in total. The molecule has 2 N–H and O–H groups in total. The van der Waals surface area contributed by atoms with Crippen LogP contribution in [0.1, 0.15) is 5.76 Å². The van der Waals surface area contributed by atoms with E-state index in [1.165, 1.54) is 6.33 Å². The summed E-state index contributed by atoms with van der Waals surface area (Å²) >= 11 is 0. The van der Waals surface area contributed by atoms with Crippen molar-refractivity contribution in [1.29, 1.82) is 0 Å². The first-order valence-electron chi connectivity index (χ1n) is 3.24. The van der Waals surface area contributed by atoms with Crippen LogP contribution in [0.25, 0.3) is 11.1 Å². The Kier molecular flexibility index (Phi) is 1.09. The van der Waals surface area contributed by atoms with E-state index in [2.05, 4.69) is 9.97 Å². The second kappa shape index (κ2) is 1.95. The lowest BCUT2D eigenvalue weighted by molar-refractivity contribution is 0.578. The summed E-state index contributed by atoms with van der Waals surface area (Å²) in [6.07, 6.45) is 1.42. The highest BCUT2D eigenvalue weighted by Gasteiger charge is 2.04. The molecule has 0 fully saturated rings. The van der Waals surface area contributed by atoms with E-state index >= 15 is 0 Å². The van der Waals surface area contributed by atoms with Gasteiger partial charge in [0, 0.05) is 6.07 Å². The summed E-state index contributed by atoms with van der Waals surface area (Å²) in [5.41, 5.74) is 6.86. The number of hydrogen-bond donors (Lipinski definition) is 1. The van der Waals surface area contributed by atoms with Crippen molar-refractivity contribution in [3.05, 3.63) is 18.2 Å². The van der Waals surface area contributed by atoms with Crippen LogP contribution in [0.2, 0.25) is 0 Å². The van der Waals surface area contributed by atoms with Crippen molar-refractivity contribution in [2.24, 2.45) is 0 Å². The van der Waals surface area contributed by atoms with Gasteiger partial charge in [0.2, 0.25) is 0 Å². The molecule has 0 aliphatic rings. The highest BCUT2D eigenvalue weighted by molar-refractivity contribution is 5.82. The summed E-state index contributed by atoms with van der Waals surface area (Å²) in [7, 11) is 0. The molecule has 0 aromatic carbocycles. The lowest BCUT2D eigenvalue weighted by atomic mass is 10.4. The highest BCUT2D eigenvalue weighted by Crippen LogP contribution is 2.19. The van der Waals surface area contributed by atoms with Crippen LogP contribution in [0.4, 0.5) is 5.82 Å². The minimum Gasteiger partial charge on any atom is -0.456 e. The molecule has 2 aromatic rings. The van der Waals surface area contributed by atoms with Crippen LogP contribution in [0, 0.1) is 6.92 Å². The Hall–Kier alpha value is -1.58. The second-order valence-electron chi connectivity index (χ2n) is 2.33. The fraction of sp³-hybridized carbons (Fsp3) is 0.143. The fourth-order valence-electron chi connectivity index (χ4n) is 0.992. The molecule has 11 heavy (non-hydrogen) atoms. The van der Waals surface area contributed by atoms with Crippen molar-refractivity contribution >= 4 is 16.9 Å². The van der Waals surface area contributed by atoms with Gasteiger partial charge in [-0.05, 0) is 6.92 Å². The van der Waals surface area contributed by atoms with Crippen molar-refractivity contribution in [2.45, 2.75) is 6.92 Å². The fourth-order valence-corrected chi connectivity index (χ4v) is 0.992. The molecule has 2 heterocycles. The quantitative estimate of drug-likeness (QED) is 0.609. The van der Waals surface area contributed by atoms with Crippen LogP contribution in [-0.4, -0.2) is 9.97 Å². The SMILES string of the molecule is Cc1cc2ncnc(N)c2o1. The number of aromatic nitrogens is 2. The molecule has 0 spiro atoms. The number of nitrogen functional groups attached to an aromatic ring is 1. The molecule has 0 aliphatic heterocycles. The van der Waals surface area contributed by atoms with E-state index in [1.807, 2.05) is 13.0 Å². The molecule has 0 atom stereocenters. The van der Waals surface area contributed by atoms with Gasteiger partial charge in [0.1, 0.15) is 17.6 Å². The second-order valence-corrected chi connectivity index (χ2v) is 2.33. The average Bonchev–Trinajstić information content (AvgIpc) is 2.31. The number of rotatable bonds is 0. The minimum atomic E-state index is 0.392. The Morgan fingerprint density at radius 2 is 2.27 bits per heavy atom. The van der Waals surface area contributed by atoms with Gasteiger partial charge in [0.25, 0.3) is 0 Å². The summed E-state index contributed by atoms with van der Waals surface area (Å²) in [5.74, 6) is 1.19. The van der Waals surface area contributed by atoms with E-state index in [1.54, 1.807) is 0 Å². The summed E-state index contributed by atoms with van der Waals surface area (Å²) in [4.78, 5) is 7.77.